The number of carbonyl (C=O) groups is 1. The van der Waals surface area contributed by atoms with Crippen LogP contribution in [0.5, 0.6) is 0 Å². The smallest absolute Gasteiger partial charge is 0.267 e. The molecule has 0 aliphatic carbocycles. The predicted octanol–water partition coefficient (Wildman–Crippen LogP) is 4.58. The number of rotatable bonds is 5. The van der Waals surface area contributed by atoms with Gasteiger partial charge in [-0.2, -0.15) is 0 Å². The number of carbonyl (C=O) groups excluding carboxylic acids is 1. The van der Waals surface area contributed by atoms with Crippen LogP contribution in [0, 0.1) is 18.3 Å². The van der Waals surface area contributed by atoms with Gasteiger partial charge in [0.1, 0.15) is 16.8 Å². The largest absolute Gasteiger partial charge is 0.339 e. The predicted molar refractivity (Wildman–Crippen MR) is 152 cm³/mol. The topological polar surface area (TPSA) is 83.5 Å². The number of nitrogens with zero attached hydrogens (tertiary/aromatic N) is 4. The van der Waals surface area contributed by atoms with Crippen molar-refractivity contribution in [2.24, 2.45) is 5.92 Å². The number of pyridine rings is 2. The number of likely N-dealkylation sites (tertiary alicyclic amines) is 1. The summed E-state index contributed by atoms with van der Waals surface area (Å²) < 4.78 is 3.19. The van der Waals surface area contributed by atoms with E-state index in [1.165, 1.54) is 9.96 Å². The van der Waals surface area contributed by atoms with Crippen LogP contribution in [-0.2, 0) is 13.0 Å². The van der Waals surface area contributed by atoms with E-state index >= 15 is 0 Å². The molecule has 1 fully saturated rings. The van der Waals surface area contributed by atoms with Crippen molar-refractivity contribution in [2.45, 2.75) is 32.7 Å². The number of nitrogens with one attached hydrogen (secondary N) is 1. The third-order valence-electron chi connectivity index (χ3n) is 7.78. The first-order valence-electron chi connectivity index (χ1n) is 13.5. The van der Waals surface area contributed by atoms with Gasteiger partial charge in [0.25, 0.3) is 11.5 Å². The molecule has 0 bridgehead atoms. The van der Waals surface area contributed by atoms with Crippen LogP contribution >= 0.6 is 0 Å². The Hall–Kier alpha value is -4.52. The molecule has 6 rings (SSSR count). The number of aryl methyl sites for hydroxylation is 1. The molecule has 2 aromatic carbocycles. The lowest BCUT2D eigenvalue weighted by atomic mass is 9.90. The number of aromatic nitrogens is 3. The van der Waals surface area contributed by atoms with Gasteiger partial charge >= 0.3 is 0 Å². The molecule has 0 unspecified atom stereocenters. The van der Waals surface area contributed by atoms with Crippen molar-refractivity contribution in [3.63, 3.8) is 0 Å². The highest BCUT2D eigenvalue weighted by Gasteiger charge is 2.26. The minimum atomic E-state index is -0.246. The molecule has 3 aromatic heterocycles. The molecule has 1 saturated heterocycles. The van der Waals surface area contributed by atoms with E-state index in [-0.39, 0.29) is 22.5 Å². The molecule has 7 nitrogen and oxygen atoms in total. The van der Waals surface area contributed by atoms with E-state index < -0.39 is 0 Å². The molecule has 1 aliphatic rings. The highest BCUT2D eigenvalue weighted by Crippen LogP contribution is 2.23. The fraction of sp³-hybridized carbons (Fsp3) is 0.250. The third-order valence-corrected chi connectivity index (χ3v) is 7.78. The standard InChI is InChI=1S/C32H31N5O2/c1-22-10-12-25(13-11-22)21-37-29(33)26(20-27-30(37)34-28-9-5-6-16-36(28)32(27)39)31(38)35-17-14-24(15-18-35)19-23-7-3-2-4-8-23/h2-13,16,20,24,33H,14-15,17-19,21H2,1H3. The second-order valence-electron chi connectivity index (χ2n) is 10.5. The summed E-state index contributed by atoms with van der Waals surface area (Å²) in [6.45, 7) is 3.64. The second-order valence-corrected chi connectivity index (χ2v) is 10.5. The molecule has 1 N–H and O–H groups in total. The first kappa shape index (κ1) is 24.8. The third kappa shape index (κ3) is 4.88. The Balaban J connectivity index is 1.37. The molecule has 196 valence electrons. The molecule has 4 heterocycles. The van der Waals surface area contributed by atoms with Crippen molar-refractivity contribution in [3.05, 3.63) is 123 Å². The van der Waals surface area contributed by atoms with Crippen molar-refractivity contribution < 1.29 is 4.79 Å². The van der Waals surface area contributed by atoms with Gasteiger partial charge in [-0.15, -0.1) is 0 Å². The normalized spacial score (nSPS) is 14.2. The van der Waals surface area contributed by atoms with Crippen molar-refractivity contribution in [1.29, 1.82) is 5.41 Å². The van der Waals surface area contributed by atoms with Gasteiger partial charge in [-0.3, -0.25) is 19.4 Å². The van der Waals surface area contributed by atoms with Gasteiger partial charge in [-0.25, -0.2) is 4.98 Å². The maximum atomic E-state index is 13.8. The van der Waals surface area contributed by atoms with E-state index in [9.17, 15) is 9.59 Å². The molecular formula is C32H31N5O2. The van der Waals surface area contributed by atoms with Crippen LogP contribution in [0.3, 0.4) is 0 Å². The molecule has 1 aliphatic heterocycles. The number of benzene rings is 2. The van der Waals surface area contributed by atoms with E-state index in [2.05, 4.69) is 24.3 Å². The summed E-state index contributed by atoms with van der Waals surface area (Å²) in [5.41, 5.74) is 4.43. The maximum Gasteiger partial charge on any atom is 0.267 e. The van der Waals surface area contributed by atoms with Crippen LogP contribution < -0.4 is 11.0 Å². The van der Waals surface area contributed by atoms with Crippen LogP contribution in [0.15, 0.2) is 89.9 Å². The minimum absolute atomic E-state index is 0.0756. The van der Waals surface area contributed by atoms with Gasteiger partial charge in [0.15, 0.2) is 0 Å². The van der Waals surface area contributed by atoms with Crippen LogP contribution in [0.4, 0.5) is 0 Å². The fourth-order valence-electron chi connectivity index (χ4n) is 5.54. The van der Waals surface area contributed by atoms with Crippen molar-refractivity contribution in [3.8, 4) is 0 Å². The molecule has 0 radical (unpaired) electrons. The molecule has 0 saturated carbocycles. The monoisotopic (exact) mass is 517 g/mol. The van der Waals surface area contributed by atoms with E-state index in [0.29, 0.717) is 42.2 Å². The van der Waals surface area contributed by atoms with Gasteiger partial charge < -0.3 is 9.47 Å². The Morgan fingerprint density at radius 3 is 2.41 bits per heavy atom. The lowest BCUT2D eigenvalue weighted by molar-refractivity contribution is 0.0687. The van der Waals surface area contributed by atoms with Crippen LogP contribution in [0.2, 0.25) is 0 Å². The molecular weight excluding hydrogens is 486 g/mol. The van der Waals surface area contributed by atoms with Gasteiger partial charge in [0.2, 0.25) is 0 Å². The Kier molecular flexibility index (Phi) is 6.57. The van der Waals surface area contributed by atoms with Gasteiger partial charge in [-0.1, -0.05) is 66.2 Å². The number of fused-ring (bicyclic) bond motifs is 2. The minimum Gasteiger partial charge on any atom is -0.339 e. The first-order chi connectivity index (χ1) is 19.0. The zero-order valence-electron chi connectivity index (χ0n) is 22.0. The Labute approximate surface area is 226 Å². The average molecular weight is 518 g/mol. The molecule has 0 spiro atoms. The Morgan fingerprint density at radius 1 is 0.949 bits per heavy atom. The summed E-state index contributed by atoms with van der Waals surface area (Å²) in [5.74, 6) is 0.325. The van der Waals surface area contributed by atoms with E-state index in [4.69, 9.17) is 10.4 Å². The van der Waals surface area contributed by atoms with Crippen molar-refractivity contribution >= 4 is 22.6 Å². The summed E-state index contributed by atoms with van der Waals surface area (Å²) in [6.07, 6.45) is 4.52. The van der Waals surface area contributed by atoms with Crippen molar-refractivity contribution in [1.82, 2.24) is 18.9 Å². The van der Waals surface area contributed by atoms with Gasteiger partial charge in [0, 0.05) is 19.3 Å². The van der Waals surface area contributed by atoms with Gasteiger partial charge in [0.05, 0.1) is 17.5 Å². The summed E-state index contributed by atoms with van der Waals surface area (Å²) in [6, 6.07) is 25.5. The number of hydrogen-bond acceptors (Lipinski definition) is 4. The lowest BCUT2D eigenvalue weighted by Gasteiger charge is -2.32. The Bertz CT molecular complexity index is 1780. The molecule has 1 amide bonds. The van der Waals surface area contributed by atoms with E-state index in [0.717, 1.165) is 30.4 Å². The molecule has 39 heavy (non-hydrogen) atoms. The molecule has 5 aromatic rings. The number of amides is 1. The fourth-order valence-corrected chi connectivity index (χ4v) is 5.54. The zero-order chi connectivity index (χ0) is 26.9. The molecule has 7 heteroatoms. The lowest BCUT2D eigenvalue weighted by Crippen LogP contribution is -2.42. The summed E-state index contributed by atoms with van der Waals surface area (Å²) in [4.78, 5) is 33.9. The number of piperidine rings is 1. The highest BCUT2D eigenvalue weighted by atomic mass is 16.2. The SMILES string of the molecule is Cc1ccc(Cn2c(=N)c(C(=O)N3CCC(Cc4ccccc4)CC3)cc3c(=O)n4ccccc4nc32)cc1. The summed E-state index contributed by atoms with van der Waals surface area (Å²) in [7, 11) is 0. The number of hydrogen-bond donors (Lipinski definition) is 1. The zero-order valence-corrected chi connectivity index (χ0v) is 22.0. The first-order valence-corrected chi connectivity index (χ1v) is 13.5. The van der Waals surface area contributed by atoms with E-state index in [1.54, 1.807) is 29.0 Å². The van der Waals surface area contributed by atoms with E-state index in [1.807, 2.05) is 48.2 Å². The van der Waals surface area contributed by atoms with Gasteiger partial charge in [-0.05, 0) is 61.4 Å². The summed E-state index contributed by atoms with van der Waals surface area (Å²) in [5, 5.41) is 9.44. The van der Waals surface area contributed by atoms with Crippen molar-refractivity contribution in [2.75, 3.05) is 13.1 Å². The quantitative estimate of drug-likeness (QED) is 0.347. The van der Waals surface area contributed by atoms with Crippen LogP contribution in [0.1, 0.15) is 39.9 Å². The van der Waals surface area contributed by atoms with Crippen LogP contribution in [-0.4, -0.2) is 37.8 Å². The second kappa shape index (κ2) is 10.3. The Morgan fingerprint density at radius 2 is 1.67 bits per heavy atom. The highest BCUT2D eigenvalue weighted by molar-refractivity contribution is 5.97. The molecule has 0 atom stereocenters. The maximum absolute atomic E-state index is 13.8. The average Bonchev–Trinajstić information content (AvgIpc) is 2.96. The van der Waals surface area contributed by atoms with Crippen LogP contribution in [0.25, 0.3) is 16.7 Å². The summed E-state index contributed by atoms with van der Waals surface area (Å²) >= 11 is 0.